The van der Waals surface area contributed by atoms with E-state index < -0.39 is 5.97 Å². The molecule has 0 radical (unpaired) electrons. The van der Waals surface area contributed by atoms with Crippen molar-refractivity contribution in [3.63, 3.8) is 0 Å². The zero-order chi connectivity index (χ0) is 26.9. The number of aryl methyl sites for hydroxylation is 1. The number of methoxy groups -OCH3 is 3. The number of carbonyl (C=O) groups is 2. The van der Waals surface area contributed by atoms with Crippen molar-refractivity contribution in [1.82, 2.24) is 5.43 Å². The van der Waals surface area contributed by atoms with Gasteiger partial charge in [0.2, 0.25) is 5.75 Å². The van der Waals surface area contributed by atoms with E-state index in [9.17, 15) is 9.59 Å². The molecule has 0 aromatic heterocycles. The number of amides is 1. The Morgan fingerprint density at radius 1 is 0.919 bits per heavy atom. The maximum absolute atomic E-state index is 13.0. The lowest BCUT2D eigenvalue weighted by Crippen LogP contribution is -2.25. The second-order valence-corrected chi connectivity index (χ2v) is 9.39. The monoisotopic (exact) mass is 633 g/mol. The number of hydrazone groups is 1. The topological polar surface area (TPSA) is 107 Å². The Kier molecular flexibility index (Phi) is 9.93. The van der Waals surface area contributed by atoms with Crippen LogP contribution in [0.5, 0.6) is 23.0 Å². The van der Waals surface area contributed by atoms with Gasteiger partial charge in [-0.2, -0.15) is 5.10 Å². The summed E-state index contributed by atoms with van der Waals surface area (Å²) in [4.78, 5) is 25.2. The smallest absolute Gasteiger partial charge is 0.343 e. The molecule has 0 unspecified atom stereocenters. The van der Waals surface area contributed by atoms with Crippen LogP contribution in [0.15, 0.2) is 62.6 Å². The molecule has 9 nitrogen and oxygen atoms in total. The number of benzene rings is 3. The van der Waals surface area contributed by atoms with Gasteiger partial charge in [0, 0.05) is 15.7 Å². The molecule has 3 aromatic rings. The van der Waals surface area contributed by atoms with E-state index in [4.69, 9.17) is 18.9 Å². The average Bonchev–Trinajstić information content (AvgIpc) is 2.89. The molecule has 3 aromatic carbocycles. The average molecular weight is 635 g/mol. The number of rotatable bonds is 10. The summed E-state index contributed by atoms with van der Waals surface area (Å²) in [5, 5.41) is 7.04. The van der Waals surface area contributed by atoms with Crippen molar-refractivity contribution in [2.24, 2.45) is 5.10 Å². The maximum Gasteiger partial charge on any atom is 0.343 e. The number of halogens is 2. The molecular formula is C26H25Br2N3O6. The van der Waals surface area contributed by atoms with E-state index in [1.54, 1.807) is 12.1 Å². The van der Waals surface area contributed by atoms with E-state index in [1.165, 1.54) is 39.7 Å². The summed E-state index contributed by atoms with van der Waals surface area (Å²) in [7, 11) is 4.38. The minimum Gasteiger partial charge on any atom is -0.493 e. The number of nitrogens with one attached hydrogen (secondary N) is 2. The number of nitrogens with zero attached hydrogens (tertiary/aromatic N) is 1. The number of anilines is 1. The van der Waals surface area contributed by atoms with Gasteiger partial charge in [-0.3, -0.25) is 4.79 Å². The number of esters is 1. The highest BCUT2D eigenvalue weighted by molar-refractivity contribution is 9.11. The molecule has 0 spiro atoms. The summed E-state index contributed by atoms with van der Waals surface area (Å²) in [6, 6.07) is 14.1. The van der Waals surface area contributed by atoms with Crippen molar-refractivity contribution >= 4 is 55.6 Å². The predicted octanol–water partition coefficient (Wildman–Crippen LogP) is 5.33. The Morgan fingerprint density at radius 3 is 2.16 bits per heavy atom. The molecule has 0 bridgehead atoms. The van der Waals surface area contributed by atoms with Crippen LogP contribution in [-0.4, -0.2) is 46.0 Å². The minimum absolute atomic E-state index is 0.0333. The fraction of sp³-hybridized carbons (Fsp3) is 0.192. The molecular weight excluding hydrogens is 610 g/mol. The summed E-state index contributed by atoms with van der Waals surface area (Å²) in [5.41, 5.74) is 5.03. The molecule has 0 atom stereocenters. The van der Waals surface area contributed by atoms with Crippen LogP contribution < -0.4 is 29.7 Å². The molecule has 0 aliphatic rings. The van der Waals surface area contributed by atoms with Crippen LogP contribution in [0.4, 0.5) is 5.69 Å². The SMILES string of the molecule is COc1cc(C(=O)Oc2c(Br)cc(Br)cc2/C=N/NC(=O)CNc2ccc(C)cc2)cc(OC)c1OC. The third-order valence-corrected chi connectivity index (χ3v) is 6.08. The quantitative estimate of drug-likeness (QED) is 0.134. The van der Waals surface area contributed by atoms with Crippen molar-refractivity contribution in [1.29, 1.82) is 0 Å². The highest BCUT2D eigenvalue weighted by atomic mass is 79.9. The molecule has 37 heavy (non-hydrogen) atoms. The van der Waals surface area contributed by atoms with E-state index in [1.807, 2.05) is 31.2 Å². The van der Waals surface area contributed by atoms with Crippen LogP contribution in [0.2, 0.25) is 0 Å². The van der Waals surface area contributed by atoms with Crippen LogP contribution in [0, 0.1) is 6.92 Å². The summed E-state index contributed by atoms with van der Waals surface area (Å²) >= 11 is 6.83. The van der Waals surface area contributed by atoms with E-state index >= 15 is 0 Å². The molecule has 0 saturated heterocycles. The summed E-state index contributed by atoms with van der Waals surface area (Å²) in [6.45, 7) is 2.02. The van der Waals surface area contributed by atoms with Gasteiger partial charge in [-0.25, -0.2) is 10.2 Å². The van der Waals surface area contributed by atoms with Crippen molar-refractivity contribution in [3.05, 3.63) is 74.2 Å². The maximum atomic E-state index is 13.0. The van der Waals surface area contributed by atoms with Gasteiger partial charge in [0.15, 0.2) is 17.2 Å². The Morgan fingerprint density at radius 2 is 1.57 bits per heavy atom. The van der Waals surface area contributed by atoms with Crippen molar-refractivity contribution in [3.8, 4) is 23.0 Å². The highest BCUT2D eigenvalue weighted by Gasteiger charge is 2.20. The first-order valence-electron chi connectivity index (χ1n) is 10.9. The first kappa shape index (κ1) is 28.0. The number of hydrogen-bond donors (Lipinski definition) is 2. The van der Waals surface area contributed by atoms with E-state index in [-0.39, 0.29) is 23.8 Å². The fourth-order valence-corrected chi connectivity index (χ4v) is 4.54. The van der Waals surface area contributed by atoms with Gasteiger partial charge in [0.05, 0.1) is 44.1 Å². The molecule has 0 aliphatic heterocycles. The normalized spacial score (nSPS) is 10.6. The second kappa shape index (κ2) is 13.1. The summed E-state index contributed by atoms with van der Waals surface area (Å²) < 4.78 is 22.8. The Bertz CT molecular complexity index is 1290. The van der Waals surface area contributed by atoms with Crippen LogP contribution >= 0.6 is 31.9 Å². The molecule has 0 fully saturated rings. The summed E-state index contributed by atoms with van der Waals surface area (Å²) in [5.74, 6) is 0.175. The molecule has 0 saturated carbocycles. The molecule has 194 valence electrons. The third kappa shape index (κ3) is 7.46. The minimum atomic E-state index is -0.664. The highest BCUT2D eigenvalue weighted by Crippen LogP contribution is 2.39. The number of ether oxygens (including phenoxy) is 4. The van der Waals surface area contributed by atoms with Crippen LogP contribution in [0.25, 0.3) is 0 Å². The van der Waals surface area contributed by atoms with Crippen LogP contribution in [0.3, 0.4) is 0 Å². The molecule has 11 heteroatoms. The molecule has 1 amide bonds. The van der Waals surface area contributed by atoms with Gasteiger partial charge in [-0.15, -0.1) is 0 Å². The molecule has 3 rings (SSSR count). The van der Waals surface area contributed by atoms with Crippen LogP contribution in [0.1, 0.15) is 21.5 Å². The Labute approximate surface area is 231 Å². The number of hydrogen-bond acceptors (Lipinski definition) is 8. The molecule has 2 N–H and O–H groups in total. The van der Waals surface area contributed by atoms with Crippen molar-refractivity contribution < 1.29 is 28.5 Å². The van der Waals surface area contributed by atoms with E-state index in [2.05, 4.69) is 47.7 Å². The second-order valence-electron chi connectivity index (χ2n) is 7.62. The molecule has 0 heterocycles. The Hall–Kier alpha value is -3.57. The van der Waals surface area contributed by atoms with Gasteiger partial charge in [-0.1, -0.05) is 33.6 Å². The summed E-state index contributed by atoms with van der Waals surface area (Å²) in [6.07, 6.45) is 1.39. The van der Waals surface area contributed by atoms with Gasteiger partial charge < -0.3 is 24.3 Å². The van der Waals surface area contributed by atoms with E-state index in [0.717, 1.165) is 11.3 Å². The van der Waals surface area contributed by atoms with Crippen LogP contribution in [-0.2, 0) is 4.79 Å². The van der Waals surface area contributed by atoms with Gasteiger partial charge in [0.25, 0.3) is 5.91 Å². The lowest BCUT2D eigenvalue weighted by molar-refractivity contribution is -0.119. The predicted molar refractivity (Wildman–Crippen MR) is 148 cm³/mol. The zero-order valence-corrected chi connectivity index (χ0v) is 23.7. The lowest BCUT2D eigenvalue weighted by atomic mass is 10.1. The van der Waals surface area contributed by atoms with Crippen molar-refractivity contribution in [2.45, 2.75) is 6.92 Å². The molecule has 0 aliphatic carbocycles. The van der Waals surface area contributed by atoms with Crippen molar-refractivity contribution in [2.75, 3.05) is 33.2 Å². The zero-order valence-electron chi connectivity index (χ0n) is 20.6. The van der Waals surface area contributed by atoms with Gasteiger partial charge >= 0.3 is 5.97 Å². The first-order chi connectivity index (χ1) is 17.7. The Balaban J connectivity index is 1.75. The standard InChI is InChI=1S/C26H25Br2N3O6/c1-15-5-7-19(8-6-15)29-14-23(32)31-30-13-17-9-18(27)12-20(28)24(17)37-26(33)16-10-21(34-2)25(36-4)22(11-16)35-3/h5-13,29H,14H2,1-4H3,(H,31,32)/b30-13+. The van der Waals surface area contributed by atoms with Gasteiger partial charge in [-0.05, 0) is 59.3 Å². The van der Waals surface area contributed by atoms with Gasteiger partial charge in [0.1, 0.15) is 0 Å². The lowest BCUT2D eigenvalue weighted by Gasteiger charge is -2.15. The fourth-order valence-electron chi connectivity index (χ4n) is 3.20. The third-order valence-electron chi connectivity index (χ3n) is 5.03. The van der Waals surface area contributed by atoms with E-state index in [0.29, 0.717) is 31.8 Å². The first-order valence-corrected chi connectivity index (χ1v) is 12.5. The number of carbonyl (C=O) groups excluding carboxylic acids is 2. The largest absolute Gasteiger partial charge is 0.493 e.